The lowest BCUT2D eigenvalue weighted by Gasteiger charge is -2.26. The second-order valence-corrected chi connectivity index (χ2v) is 6.79. The zero-order valence-corrected chi connectivity index (χ0v) is 15.7. The van der Waals surface area contributed by atoms with Crippen molar-refractivity contribution in [3.8, 4) is 0 Å². The standard InChI is InChI=1S/C17H28N4O2S/c1-13-15(14(2)20-17(19-13)24-3)5-6-16(22)18-7-4-8-21-9-11-23-12-10-21/h4-12H2,1-3H3,(H,18,22). The number of nitrogens with one attached hydrogen (secondary N) is 1. The van der Waals surface area contributed by atoms with Gasteiger partial charge in [-0.05, 0) is 45.1 Å². The summed E-state index contributed by atoms with van der Waals surface area (Å²) in [6.07, 6.45) is 4.14. The molecule has 0 unspecified atom stereocenters. The molecule has 1 aromatic heterocycles. The Hall–Kier alpha value is -1.18. The molecule has 6 nitrogen and oxygen atoms in total. The van der Waals surface area contributed by atoms with Crippen LogP contribution in [0.15, 0.2) is 5.16 Å². The van der Waals surface area contributed by atoms with E-state index in [0.717, 1.165) is 67.9 Å². The van der Waals surface area contributed by atoms with E-state index in [-0.39, 0.29) is 5.91 Å². The van der Waals surface area contributed by atoms with Gasteiger partial charge in [0.25, 0.3) is 0 Å². The number of nitrogens with zero attached hydrogens (tertiary/aromatic N) is 3. The largest absolute Gasteiger partial charge is 0.379 e. The van der Waals surface area contributed by atoms with Gasteiger partial charge >= 0.3 is 0 Å². The van der Waals surface area contributed by atoms with Gasteiger partial charge in [-0.3, -0.25) is 9.69 Å². The molecular weight excluding hydrogens is 324 g/mol. The van der Waals surface area contributed by atoms with Crippen molar-refractivity contribution in [1.29, 1.82) is 0 Å². The van der Waals surface area contributed by atoms with E-state index in [1.54, 1.807) is 11.8 Å². The van der Waals surface area contributed by atoms with Crippen LogP contribution in [0.1, 0.15) is 29.8 Å². The third kappa shape index (κ3) is 6.03. The molecular formula is C17H28N4O2S. The smallest absolute Gasteiger partial charge is 0.220 e. The fourth-order valence-corrected chi connectivity index (χ4v) is 3.30. The number of carbonyl (C=O) groups is 1. The first-order valence-electron chi connectivity index (χ1n) is 8.55. The molecule has 0 aliphatic carbocycles. The molecule has 2 rings (SSSR count). The van der Waals surface area contributed by atoms with Crippen LogP contribution in [0.25, 0.3) is 0 Å². The van der Waals surface area contributed by atoms with Gasteiger partial charge in [0.1, 0.15) is 0 Å². The minimum Gasteiger partial charge on any atom is -0.379 e. The summed E-state index contributed by atoms with van der Waals surface area (Å²) in [5, 5.41) is 3.81. The van der Waals surface area contributed by atoms with Crippen molar-refractivity contribution >= 4 is 17.7 Å². The highest BCUT2D eigenvalue weighted by Crippen LogP contribution is 2.17. The van der Waals surface area contributed by atoms with Gasteiger partial charge in [-0.15, -0.1) is 0 Å². The van der Waals surface area contributed by atoms with Crippen molar-refractivity contribution in [1.82, 2.24) is 20.2 Å². The second kappa shape index (κ2) is 9.96. The molecule has 7 heteroatoms. The number of hydrogen-bond acceptors (Lipinski definition) is 6. The molecule has 1 aliphatic rings. The fraction of sp³-hybridized carbons (Fsp3) is 0.706. The average Bonchev–Trinajstić information content (AvgIpc) is 2.58. The van der Waals surface area contributed by atoms with E-state index >= 15 is 0 Å². The quantitative estimate of drug-likeness (QED) is 0.435. The minimum atomic E-state index is 0.102. The van der Waals surface area contributed by atoms with Crippen LogP contribution in [0.5, 0.6) is 0 Å². The van der Waals surface area contributed by atoms with E-state index in [4.69, 9.17) is 4.74 Å². The summed E-state index contributed by atoms with van der Waals surface area (Å²) in [7, 11) is 0. The minimum absolute atomic E-state index is 0.102. The highest BCUT2D eigenvalue weighted by Gasteiger charge is 2.11. The summed E-state index contributed by atoms with van der Waals surface area (Å²) in [6.45, 7) is 9.37. The van der Waals surface area contributed by atoms with Gasteiger partial charge in [0.05, 0.1) is 13.2 Å². The summed E-state index contributed by atoms with van der Waals surface area (Å²) in [5.41, 5.74) is 3.05. The van der Waals surface area contributed by atoms with Crippen LogP contribution in [0, 0.1) is 13.8 Å². The number of carbonyl (C=O) groups excluding carboxylic acids is 1. The molecule has 0 bridgehead atoms. The predicted molar refractivity (Wildman–Crippen MR) is 96.5 cm³/mol. The molecule has 0 radical (unpaired) electrons. The van der Waals surface area contributed by atoms with E-state index in [1.807, 2.05) is 20.1 Å². The lowest BCUT2D eigenvalue weighted by molar-refractivity contribution is -0.121. The second-order valence-electron chi connectivity index (χ2n) is 6.02. The first kappa shape index (κ1) is 19.1. The first-order valence-corrected chi connectivity index (χ1v) is 9.77. The molecule has 2 heterocycles. The summed E-state index contributed by atoms with van der Waals surface area (Å²) >= 11 is 1.54. The maximum Gasteiger partial charge on any atom is 0.220 e. The molecule has 0 aromatic carbocycles. The van der Waals surface area contributed by atoms with Crippen molar-refractivity contribution in [2.24, 2.45) is 0 Å². The number of thioether (sulfide) groups is 1. The van der Waals surface area contributed by atoms with Crippen LogP contribution < -0.4 is 5.32 Å². The highest BCUT2D eigenvalue weighted by atomic mass is 32.2. The number of ether oxygens (including phenoxy) is 1. The predicted octanol–water partition coefficient (Wildman–Crippen LogP) is 1.59. The van der Waals surface area contributed by atoms with Crippen molar-refractivity contribution in [2.45, 2.75) is 38.3 Å². The molecule has 1 N–H and O–H groups in total. The monoisotopic (exact) mass is 352 g/mol. The van der Waals surface area contributed by atoms with Crippen molar-refractivity contribution in [2.75, 3.05) is 45.6 Å². The maximum atomic E-state index is 12.0. The Morgan fingerprint density at radius 1 is 1.25 bits per heavy atom. The molecule has 24 heavy (non-hydrogen) atoms. The van der Waals surface area contributed by atoms with Gasteiger partial charge in [0, 0.05) is 37.4 Å². The van der Waals surface area contributed by atoms with E-state index in [1.165, 1.54) is 0 Å². The van der Waals surface area contributed by atoms with Gasteiger partial charge in [0.2, 0.25) is 5.91 Å². The van der Waals surface area contributed by atoms with E-state index in [0.29, 0.717) is 12.8 Å². The van der Waals surface area contributed by atoms with Crippen molar-refractivity contribution in [3.63, 3.8) is 0 Å². The summed E-state index contributed by atoms with van der Waals surface area (Å²) in [6, 6.07) is 0. The van der Waals surface area contributed by atoms with Crippen LogP contribution in [0.2, 0.25) is 0 Å². The van der Waals surface area contributed by atoms with Gasteiger partial charge in [-0.1, -0.05) is 11.8 Å². The maximum absolute atomic E-state index is 12.0. The Morgan fingerprint density at radius 3 is 2.54 bits per heavy atom. The molecule has 0 saturated carbocycles. The molecule has 1 amide bonds. The molecule has 1 fully saturated rings. The molecule has 0 atom stereocenters. The number of aryl methyl sites for hydroxylation is 2. The van der Waals surface area contributed by atoms with Crippen molar-refractivity contribution < 1.29 is 9.53 Å². The SMILES string of the molecule is CSc1nc(C)c(CCC(=O)NCCCN2CCOCC2)c(C)n1. The molecule has 134 valence electrons. The molecule has 1 aromatic rings. The number of morpholine rings is 1. The number of amides is 1. The van der Waals surface area contributed by atoms with Gasteiger partial charge in [0.15, 0.2) is 5.16 Å². The molecule has 1 saturated heterocycles. The van der Waals surface area contributed by atoms with Gasteiger partial charge in [-0.25, -0.2) is 9.97 Å². The van der Waals surface area contributed by atoms with Crippen LogP contribution in [-0.4, -0.2) is 66.4 Å². The number of aromatic nitrogens is 2. The van der Waals surface area contributed by atoms with E-state index < -0.39 is 0 Å². The lowest BCUT2D eigenvalue weighted by atomic mass is 10.1. The zero-order valence-electron chi connectivity index (χ0n) is 14.9. The Balaban J connectivity index is 1.67. The van der Waals surface area contributed by atoms with Gasteiger partial charge < -0.3 is 10.1 Å². The first-order chi connectivity index (χ1) is 11.6. The molecule has 0 spiro atoms. The van der Waals surface area contributed by atoms with E-state index in [9.17, 15) is 4.79 Å². The number of hydrogen-bond donors (Lipinski definition) is 1. The topological polar surface area (TPSA) is 67.4 Å². The average molecular weight is 353 g/mol. The third-order valence-electron chi connectivity index (χ3n) is 4.26. The third-order valence-corrected chi connectivity index (χ3v) is 4.81. The Morgan fingerprint density at radius 2 is 1.92 bits per heavy atom. The normalized spacial score (nSPS) is 15.5. The van der Waals surface area contributed by atoms with Crippen LogP contribution in [0.3, 0.4) is 0 Å². The highest BCUT2D eigenvalue weighted by molar-refractivity contribution is 7.98. The Labute approximate surface area is 148 Å². The van der Waals surface area contributed by atoms with Crippen LogP contribution in [0.4, 0.5) is 0 Å². The van der Waals surface area contributed by atoms with E-state index in [2.05, 4.69) is 20.2 Å². The van der Waals surface area contributed by atoms with Gasteiger partial charge in [-0.2, -0.15) is 0 Å². The fourth-order valence-electron chi connectivity index (χ4n) is 2.84. The Bertz CT molecular complexity index is 524. The number of rotatable bonds is 8. The van der Waals surface area contributed by atoms with Crippen molar-refractivity contribution in [3.05, 3.63) is 17.0 Å². The zero-order chi connectivity index (χ0) is 17.4. The van der Waals surface area contributed by atoms with Crippen LogP contribution >= 0.6 is 11.8 Å². The lowest BCUT2D eigenvalue weighted by Crippen LogP contribution is -2.38. The summed E-state index contributed by atoms with van der Waals surface area (Å²) in [5.74, 6) is 0.102. The molecule has 1 aliphatic heterocycles. The van der Waals surface area contributed by atoms with Crippen LogP contribution in [-0.2, 0) is 16.0 Å². The summed E-state index contributed by atoms with van der Waals surface area (Å²) < 4.78 is 5.33. The Kier molecular flexibility index (Phi) is 7.94. The summed E-state index contributed by atoms with van der Waals surface area (Å²) in [4.78, 5) is 23.3.